The average Bonchev–Trinajstić information content (AvgIpc) is 3.21. The number of likely N-dealkylation sites (tertiary alicyclic amines) is 1. The largest absolute Gasteiger partial charge is 0.335 e. The molecule has 1 saturated carbocycles. The summed E-state index contributed by atoms with van der Waals surface area (Å²) in [7, 11) is 0. The van der Waals surface area contributed by atoms with Gasteiger partial charge in [-0.25, -0.2) is 4.79 Å². The summed E-state index contributed by atoms with van der Waals surface area (Å²) in [5, 5.41) is 9.91. The third-order valence-electron chi connectivity index (χ3n) is 4.55. The van der Waals surface area contributed by atoms with Gasteiger partial charge in [-0.3, -0.25) is 4.79 Å². The summed E-state index contributed by atoms with van der Waals surface area (Å²) in [6.07, 6.45) is 6.32. The molecule has 1 aromatic heterocycles. The van der Waals surface area contributed by atoms with Crippen molar-refractivity contribution < 1.29 is 9.59 Å². The summed E-state index contributed by atoms with van der Waals surface area (Å²) in [5.74, 6) is -0.0836. The Labute approximate surface area is 135 Å². The number of rotatable bonds is 3. The van der Waals surface area contributed by atoms with Crippen LogP contribution in [0, 0.1) is 5.92 Å². The van der Waals surface area contributed by atoms with Gasteiger partial charge in [-0.15, -0.1) is 0 Å². The van der Waals surface area contributed by atoms with Crippen LogP contribution in [0.15, 0.2) is 16.8 Å². The lowest BCUT2D eigenvalue weighted by Crippen LogP contribution is -2.49. The number of thiophene rings is 1. The zero-order valence-corrected chi connectivity index (χ0v) is 13.5. The Morgan fingerprint density at radius 3 is 2.73 bits per heavy atom. The molecule has 2 N–H and O–H groups in total. The van der Waals surface area contributed by atoms with Crippen molar-refractivity contribution in [2.75, 3.05) is 18.4 Å². The molecule has 1 atom stereocenters. The topological polar surface area (TPSA) is 61.4 Å². The summed E-state index contributed by atoms with van der Waals surface area (Å²) in [6, 6.07) is 2.23. The predicted molar refractivity (Wildman–Crippen MR) is 88.0 cm³/mol. The van der Waals surface area contributed by atoms with E-state index < -0.39 is 0 Å². The minimum atomic E-state index is -0.108. The molecule has 2 fully saturated rings. The number of amides is 3. The van der Waals surface area contributed by atoms with Gasteiger partial charge in [0.15, 0.2) is 0 Å². The Morgan fingerprint density at radius 2 is 2.00 bits per heavy atom. The van der Waals surface area contributed by atoms with Crippen LogP contribution < -0.4 is 10.6 Å². The first kappa shape index (κ1) is 15.3. The first-order valence-corrected chi connectivity index (χ1v) is 9.05. The van der Waals surface area contributed by atoms with Crippen molar-refractivity contribution in [1.29, 1.82) is 0 Å². The highest BCUT2D eigenvalue weighted by Gasteiger charge is 2.29. The summed E-state index contributed by atoms with van der Waals surface area (Å²) < 4.78 is 0. The van der Waals surface area contributed by atoms with Gasteiger partial charge in [0, 0.05) is 24.5 Å². The normalized spacial score (nSPS) is 22.5. The Morgan fingerprint density at radius 1 is 1.18 bits per heavy atom. The van der Waals surface area contributed by atoms with Crippen molar-refractivity contribution in [2.45, 2.75) is 44.6 Å². The van der Waals surface area contributed by atoms with Gasteiger partial charge < -0.3 is 15.5 Å². The summed E-state index contributed by atoms with van der Waals surface area (Å²) in [4.78, 5) is 26.4. The lowest BCUT2D eigenvalue weighted by atomic mass is 9.97. The Hall–Kier alpha value is -1.56. The third-order valence-corrected chi connectivity index (χ3v) is 5.23. The van der Waals surface area contributed by atoms with Gasteiger partial charge >= 0.3 is 6.03 Å². The molecule has 6 heteroatoms. The highest BCUT2D eigenvalue weighted by Crippen LogP contribution is 2.21. The molecule has 1 saturated heterocycles. The molecular weight excluding hydrogens is 298 g/mol. The zero-order chi connectivity index (χ0) is 15.4. The van der Waals surface area contributed by atoms with Crippen LogP contribution in [0.1, 0.15) is 38.5 Å². The van der Waals surface area contributed by atoms with E-state index in [0.29, 0.717) is 12.6 Å². The van der Waals surface area contributed by atoms with Crippen LogP contribution >= 0.6 is 11.3 Å². The number of carbonyl (C=O) groups is 2. The minimum Gasteiger partial charge on any atom is -0.335 e. The predicted octanol–water partition coefficient (Wildman–Crippen LogP) is 3.05. The lowest BCUT2D eigenvalue weighted by molar-refractivity contribution is -0.121. The summed E-state index contributed by atoms with van der Waals surface area (Å²) in [5.41, 5.74) is 0.850. The second kappa shape index (κ2) is 7.13. The van der Waals surface area contributed by atoms with Crippen LogP contribution in [0.4, 0.5) is 10.5 Å². The van der Waals surface area contributed by atoms with E-state index in [1.165, 1.54) is 12.8 Å². The monoisotopic (exact) mass is 321 g/mol. The molecule has 3 rings (SSSR count). The number of carbonyl (C=O) groups excluding carboxylic acids is 2. The van der Waals surface area contributed by atoms with E-state index in [1.807, 2.05) is 16.8 Å². The molecule has 0 radical (unpaired) electrons. The molecule has 22 heavy (non-hydrogen) atoms. The maximum Gasteiger partial charge on any atom is 0.317 e. The van der Waals surface area contributed by atoms with Gasteiger partial charge in [-0.05, 0) is 37.1 Å². The third kappa shape index (κ3) is 3.80. The molecule has 1 aliphatic heterocycles. The molecule has 120 valence electrons. The summed E-state index contributed by atoms with van der Waals surface area (Å²) >= 11 is 1.56. The maximum absolute atomic E-state index is 12.3. The van der Waals surface area contributed by atoms with E-state index in [9.17, 15) is 9.59 Å². The molecule has 0 bridgehead atoms. The number of nitrogens with one attached hydrogen (secondary N) is 2. The summed E-state index contributed by atoms with van der Waals surface area (Å²) in [6.45, 7) is 1.27. The first-order chi connectivity index (χ1) is 10.7. The van der Waals surface area contributed by atoms with Crippen LogP contribution in [-0.4, -0.2) is 36.0 Å². The van der Waals surface area contributed by atoms with E-state index in [4.69, 9.17) is 0 Å². The molecule has 0 unspecified atom stereocenters. The van der Waals surface area contributed by atoms with Gasteiger partial charge in [0.05, 0.1) is 11.6 Å². The number of anilines is 1. The van der Waals surface area contributed by atoms with E-state index in [0.717, 1.165) is 37.9 Å². The van der Waals surface area contributed by atoms with Crippen molar-refractivity contribution in [3.05, 3.63) is 16.8 Å². The number of nitrogens with zero attached hydrogens (tertiary/aromatic N) is 1. The van der Waals surface area contributed by atoms with Crippen LogP contribution in [0.5, 0.6) is 0 Å². The van der Waals surface area contributed by atoms with Crippen LogP contribution in [0.25, 0.3) is 0 Å². The molecule has 5 nitrogen and oxygen atoms in total. The molecule has 1 aromatic rings. The van der Waals surface area contributed by atoms with Crippen molar-refractivity contribution in [3.63, 3.8) is 0 Å². The van der Waals surface area contributed by atoms with Gasteiger partial charge in [-0.1, -0.05) is 12.8 Å². The van der Waals surface area contributed by atoms with E-state index in [1.54, 1.807) is 16.2 Å². The van der Waals surface area contributed by atoms with Crippen LogP contribution in [-0.2, 0) is 4.79 Å². The second-order valence-electron chi connectivity index (χ2n) is 6.22. The van der Waals surface area contributed by atoms with Gasteiger partial charge in [0.1, 0.15) is 0 Å². The average molecular weight is 321 g/mol. The quantitative estimate of drug-likeness (QED) is 0.899. The molecule has 0 aromatic carbocycles. The molecule has 3 amide bonds. The molecule has 2 aliphatic rings. The van der Waals surface area contributed by atoms with Crippen molar-refractivity contribution in [2.24, 2.45) is 5.92 Å². The van der Waals surface area contributed by atoms with Crippen molar-refractivity contribution in [3.8, 4) is 0 Å². The highest BCUT2D eigenvalue weighted by molar-refractivity contribution is 7.08. The zero-order valence-electron chi connectivity index (χ0n) is 12.7. The number of hydrogen-bond donors (Lipinski definition) is 2. The van der Waals surface area contributed by atoms with Gasteiger partial charge in [0.2, 0.25) is 5.91 Å². The maximum atomic E-state index is 12.3. The van der Waals surface area contributed by atoms with E-state index in [2.05, 4.69) is 10.6 Å². The molecule has 2 heterocycles. The number of hydrogen-bond acceptors (Lipinski definition) is 3. The highest BCUT2D eigenvalue weighted by atomic mass is 32.1. The van der Waals surface area contributed by atoms with E-state index >= 15 is 0 Å². The van der Waals surface area contributed by atoms with Crippen molar-refractivity contribution >= 4 is 29.0 Å². The standard InChI is InChI=1S/C16H23N3O2S/c20-15(17-14-7-9-22-11-14)12-4-3-8-19(10-12)16(21)18-13-5-1-2-6-13/h7,9,11-13H,1-6,8,10H2,(H,17,20)(H,18,21)/t12-/m0/s1. The van der Waals surface area contributed by atoms with Crippen LogP contribution in [0.3, 0.4) is 0 Å². The Balaban J connectivity index is 1.51. The molecule has 1 aliphatic carbocycles. The van der Waals surface area contributed by atoms with Crippen molar-refractivity contribution in [1.82, 2.24) is 10.2 Å². The van der Waals surface area contributed by atoms with Crippen LogP contribution in [0.2, 0.25) is 0 Å². The fourth-order valence-electron chi connectivity index (χ4n) is 3.29. The smallest absolute Gasteiger partial charge is 0.317 e. The Bertz CT molecular complexity index is 511. The fraction of sp³-hybridized carbons (Fsp3) is 0.625. The fourth-order valence-corrected chi connectivity index (χ4v) is 3.88. The minimum absolute atomic E-state index is 0.0000617. The van der Waals surface area contributed by atoms with Gasteiger partial charge in [-0.2, -0.15) is 11.3 Å². The number of urea groups is 1. The SMILES string of the molecule is O=C(Nc1ccsc1)[C@H]1CCCN(C(=O)NC2CCCC2)C1. The molecular formula is C16H23N3O2S. The lowest BCUT2D eigenvalue weighted by Gasteiger charge is -2.32. The van der Waals surface area contributed by atoms with Gasteiger partial charge in [0.25, 0.3) is 0 Å². The first-order valence-electron chi connectivity index (χ1n) is 8.11. The number of piperidine rings is 1. The van der Waals surface area contributed by atoms with E-state index in [-0.39, 0.29) is 17.9 Å². The Kier molecular flexibility index (Phi) is 4.97. The second-order valence-corrected chi connectivity index (χ2v) is 7.00. The molecule has 0 spiro atoms.